The van der Waals surface area contributed by atoms with Crippen molar-refractivity contribution in [3.05, 3.63) is 17.7 Å². The minimum Gasteiger partial charge on any atom is -0.454 e. The van der Waals surface area contributed by atoms with E-state index in [9.17, 15) is 21.1 Å². The molecule has 0 radical (unpaired) electrons. The smallest absolute Gasteiger partial charge is 0.387 e. The van der Waals surface area contributed by atoms with Crippen LogP contribution in [0.2, 0.25) is 0 Å². The monoisotopic (exact) mass is 313 g/mol. The Bertz CT molecular complexity index is 607. The van der Waals surface area contributed by atoms with Crippen LogP contribution in [0.25, 0.3) is 0 Å². The fourth-order valence-corrected chi connectivity index (χ4v) is 1.90. The third-order valence-electron chi connectivity index (χ3n) is 2.54. The van der Waals surface area contributed by atoms with E-state index in [-0.39, 0.29) is 29.6 Å². The highest BCUT2D eigenvalue weighted by Crippen LogP contribution is 2.39. The van der Waals surface area contributed by atoms with Crippen molar-refractivity contribution in [3.8, 4) is 17.2 Å². The van der Waals surface area contributed by atoms with Crippen LogP contribution in [0.5, 0.6) is 17.2 Å². The summed E-state index contributed by atoms with van der Waals surface area (Å²) in [5.41, 5.74) is 0.0262. The molecule has 0 aromatic heterocycles. The molecular formula is C10H10F3NO5S. The number of halogens is 3. The van der Waals surface area contributed by atoms with Gasteiger partial charge in [0.1, 0.15) is 5.75 Å². The molecule has 0 fully saturated rings. The van der Waals surface area contributed by atoms with Gasteiger partial charge in [-0.2, -0.15) is 21.5 Å². The third-order valence-corrected chi connectivity index (χ3v) is 3.41. The number of hydrogen-bond acceptors (Lipinski definition) is 5. The van der Waals surface area contributed by atoms with Gasteiger partial charge in [0, 0.05) is 25.2 Å². The topological polar surface area (TPSA) is 65.1 Å². The summed E-state index contributed by atoms with van der Waals surface area (Å²) in [4.78, 5) is 0. The fraction of sp³-hybridized carbons (Fsp3) is 0.400. The second-order valence-corrected chi connectivity index (χ2v) is 5.34. The predicted octanol–water partition coefficient (Wildman–Crippen LogP) is 1.66. The quantitative estimate of drug-likeness (QED) is 0.774. The first-order valence-corrected chi connectivity index (χ1v) is 6.64. The molecule has 0 unspecified atom stereocenters. The largest absolute Gasteiger partial charge is 0.454 e. The Morgan fingerprint density at radius 1 is 1.35 bits per heavy atom. The molecule has 1 aromatic rings. The van der Waals surface area contributed by atoms with Gasteiger partial charge in [-0.25, -0.2) is 0 Å². The lowest BCUT2D eigenvalue weighted by molar-refractivity contribution is -0.0506. The summed E-state index contributed by atoms with van der Waals surface area (Å²) in [6.45, 7) is -3.69. The number of nitrogens with zero attached hydrogens (tertiary/aromatic N) is 1. The van der Waals surface area contributed by atoms with E-state index in [1.54, 1.807) is 0 Å². The zero-order valence-corrected chi connectivity index (χ0v) is 11.0. The zero-order valence-electron chi connectivity index (χ0n) is 10.2. The van der Waals surface area contributed by atoms with E-state index in [2.05, 4.69) is 4.74 Å². The molecule has 2 rings (SSSR count). The van der Waals surface area contributed by atoms with E-state index >= 15 is 0 Å². The number of ether oxygens (including phenoxy) is 3. The Morgan fingerprint density at radius 2 is 1.95 bits per heavy atom. The standard InChI is InChI=1S/C10H10F3NO5S/c1-14(20(13,15)16)4-6-2-8-9(18-5-17-8)3-7(6)19-10(11)12/h2-3,10H,4-5H2,1H3. The lowest BCUT2D eigenvalue weighted by Gasteiger charge is -2.15. The van der Waals surface area contributed by atoms with Crippen molar-refractivity contribution < 1.29 is 35.3 Å². The molecular weight excluding hydrogens is 303 g/mol. The highest BCUT2D eigenvalue weighted by atomic mass is 32.3. The van der Waals surface area contributed by atoms with Gasteiger partial charge in [-0.05, 0) is 6.07 Å². The third kappa shape index (κ3) is 3.25. The van der Waals surface area contributed by atoms with Crippen molar-refractivity contribution in [1.29, 1.82) is 0 Å². The molecule has 0 aliphatic carbocycles. The second-order valence-electron chi connectivity index (χ2n) is 3.89. The average Bonchev–Trinajstić information content (AvgIpc) is 2.74. The Labute approximate surface area is 113 Å². The first-order chi connectivity index (χ1) is 9.27. The van der Waals surface area contributed by atoms with Crippen LogP contribution in [0.15, 0.2) is 12.1 Å². The normalized spacial score (nSPS) is 14.1. The maximum absolute atomic E-state index is 12.8. The van der Waals surface area contributed by atoms with Crippen LogP contribution in [0, 0.1) is 0 Å². The first kappa shape index (κ1) is 14.7. The molecule has 0 bridgehead atoms. The van der Waals surface area contributed by atoms with Crippen molar-refractivity contribution in [1.82, 2.24) is 4.31 Å². The summed E-state index contributed by atoms with van der Waals surface area (Å²) in [5, 5.41) is 0. The van der Waals surface area contributed by atoms with Gasteiger partial charge in [0.05, 0.1) is 0 Å². The summed E-state index contributed by atoms with van der Waals surface area (Å²) >= 11 is 0. The number of fused-ring (bicyclic) bond motifs is 1. The van der Waals surface area contributed by atoms with E-state index in [1.165, 1.54) is 6.07 Å². The Kier molecular flexibility index (Phi) is 3.95. The van der Waals surface area contributed by atoms with Crippen molar-refractivity contribution in [2.24, 2.45) is 0 Å². The highest BCUT2D eigenvalue weighted by Gasteiger charge is 2.23. The molecule has 1 aliphatic rings. The minimum atomic E-state index is -4.94. The zero-order chi connectivity index (χ0) is 14.9. The minimum absolute atomic E-state index is 0.0262. The van der Waals surface area contributed by atoms with Gasteiger partial charge in [0.2, 0.25) is 6.79 Å². The van der Waals surface area contributed by atoms with Gasteiger partial charge in [-0.3, -0.25) is 0 Å². The summed E-state index contributed by atoms with van der Waals surface area (Å²) in [5.74, 6) is 0.126. The Balaban J connectivity index is 2.34. The van der Waals surface area contributed by atoms with Gasteiger partial charge in [0.25, 0.3) is 0 Å². The SMILES string of the molecule is CN(Cc1cc2c(cc1OC(F)F)OCO2)S(=O)(=O)F. The van der Waals surface area contributed by atoms with Crippen molar-refractivity contribution in [2.75, 3.05) is 13.8 Å². The molecule has 0 saturated carbocycles. The van der Waals surface area contributed by atoms with Crippen molar-refractivity contribution in [2.45, 2.75) is 13.2 Å². The molecule has 10 heteroatoms. The van der Waals surface area contributed by atoms with E-state index in [0.29, 0.717) is 4.31 Å². The number of alkyl halides is 2. The van der Waals surface area contributed by atoms with Gasteiger partial charge in [-0.1, -0.05) is 3.89 Å². The molecule has 1 heterocycles. The molecule has 0 spiro atoms. The molecule has 1 aromatic carbocycles. The van der Waals surface area contributed by atoms with E-state index in [0.717, 1.165) is 13.1 Å². The summed E-state index contributed by atoms with van der Waals surface area (Å²) in [6.07, 6.45) is 0. The molecule has 0 atom stereocenters. The highest BCUT2D eigenvalue weighted by molar-refractivity contribution is 7.83. The number of hydrogen-bond donors (Lipinski definition) is 0. The summed E-state index contributed by atoms with van der Waals surface area (Å²) in [7, 11) is -3.98. The second kappa shape index (κ2) is 5.37. The van der Waals surface area contributed by atoms with Gasteiger partial charge >= 0.3 is 17.0 Å². The Morgan fingerprint density at radius 3 is 2.50 bits per heavy atom. The lowest BCUT2D eigenvalue weighted by atomic mass is 10.1. The molecule has 112 valence electrons. The molecule has 20 heavy (non-hydrogen) atoms. The van der Waals surface area contributed by atoms with Crippen LogP contribution in [-0.4, -0.2) is 33.2 Å². The van der Waals surface area contributed by atoms with Gasteiger partial charge in [-0.15, -0.1) is 0 Å². The van der Waals surface area contributed by atoms with Crippen LogP contribution < -0.4 is 14.2 Å². The molecule has 0 amide bonds. The summed E-state index contributed by atoms with van der Waals surface area (Å²) in [6, 6.07) is 2.41. The van der Waals surface area contributed by atoms with Crippen molar-refractivity contribution in [3.63, 3.8) is 0 Å². The molecule has 6 nitrogen and oxygen atoms in total. The van der Waals surface area contributed by atoms with Crippen LogP contribution in [0.3, 0.4) is 0 Å². The maximum atomic E-state index is 12.8. The average molecular weight is 313 g/mol. The van der Waals surface area contributed by atoms with Crippen LogP contribution in [0.1, 0.15) is 5.56 Å². The Hall–Kier alpha value is -1.68. The van der Waals surface area contributed by atoms with E-state index < -0.39 is 23.6 Å². The molecule has 0 N–H and O–H groups in total. The van der Waals surface area contributed by atoms with Crippen LogP contribution in [-0.2, 0) is 17.0 Å². The predicted molar refractivity (Wildman–Crippen MR) is 60.7 cm³/mol. The van der Waals surface area contributed by atoms with Crippen LogP contribution >= 0.6 is 0 Å². The van der Waals surface area contributed by atoms with Gasteiger partial charge < -0.3 is 14.2 Å². The number of benzene rings is 1. The summed E-state index contributed by atoms with van der Waals surface area (Å²) < 4.78 is 73.5. The fourth-order valence-electron chi connectivity index (χ4n) is 1.61. The first-order valence-electron chi connectivity index (χ1n) is 5.30. The molecule has 0 saturated heterocycles. The number of rotatable bonds is 5. The van der Waals surface area contributed by atoms with Crippen molar-refractivity contribution >= 4 is 10.4 Å². The lowest BCUT2D eigenvalue weighted by Crippen LogP contribution is -2.22. The van der Waals surface area contributed by atoms with Crippen LogP contribution in [0.4, 0.5) is 12.7 Å². The van der Waals surface area contributed by atoms with Gasteiger partial charge in [0.15, 0.2) is 11.5 Å². The van der Waals surface area contributed by atoms with E-state index in [1.807, 2.05) is 0 Å². The maximum Gasteiger partial charge on any atom is 0.387 e. The van der Waals surface area contributed by atoms with E-state index in [4.69, 9.17) is 9.47 Å². The molecule has 1 aliphatic heterocycles.